The van der Waals surface area contributed by atoms with E-state index in [-0.39, 0.29) is 5.91 Å². The van der Waals surface area contributed by atoms with Crippen LogP contribution in [0.2, 0.25) is 0 Å². The van der Waals surface area contributed by atoms with Crippen LogP contribution in [0.3, 0.4) is 0 Å². The number of aryl methyl sites for hydroxylation is 1. The lowest BCUT2D eigenvalue weighted by Gasteiger charge is -2.08. The van der Waals surface area contributed by atoms with Crippen LogP contribution in [-0.2, 0) is 4.84 Å². The second kappa shape index (κ2) is 6.76. The Morgan fingerprint density at radius 1 is 1.30 bits per heavy atom. The SMILES string of the molecule is CCONC(=O)c1cc(-c2cccs2)nn1-c1ccc(C)cc1. The van der Waals surface area contributed by atoms with E-state index in [0.29, 0.717) is 12.3 Å². The lowest BCUT2D eigenvalue weighted by molar-refractivity contribution is 0.0357. The first-order valence-corrected chi connectivity index (χ1v) is 8.20. The fraction of sp³-hybridized carbons (Fsp3) is 0.176. The van der Waals surface area contributed by atoms with E-state index in [0.717, 1.165) is 21.8 Å². The van der Waals surface area contributed by atoms with Gasteiger partial charge in [-0.2, -0.15) is 5.10 Å². The Labute approximate surface area is 138 Å². The molecule has 3 aromatic rings. The van der Waals surface area contributed by atoms with Crippen molar-refractivity contribution in [3.63, 3.8) is 0 Å². The molecule has 1 aromatic carbocycles. The zero-order chi connectivity index (χ0) is 16.2. The first-order valence-electron chi connectivity index (χ1n) is 7.32. The maximum atomic E-state index is 12.4. The van der Waals surface area contributed by atoms with Gasteiger partial charge in [-0.1, -0.05) is 23.8 Å². The molecule has 2 heterocycles. The molecule has 118 valence electrons. The number of rotatable bonds is 5. The summed E-state index contributed by atoms with van der Waals surface area (Å²) in [5.41, 5.74) is 5.62. The van der Waals surface area contributed by atoms with Crippen LogP contribution in [0.25, 0.3) is 16.3 Å². The van der Waals surface area contributed by atoms with Crippen molar-refractivity contribution in [2.24, 2.45) is 0 Å². The van der Waals surface area contributed by atoms with Gasteiger partial charge in [0.2, 0.25) is 0 Å². The third-order valence-corrected chi connectivity index (χ3v) is 4.20. The van der Waals surface area contributed by atoms with Gasteiger partial charge in [-0.15, -0.1) is 11.3 Å². The Morgan fingerprint density at radius 3 is 2.74 bits per heavy atom. The zero-order valence-electron chi connectivity index (χ0n) is 12.9. The van der Waals surface area contributed by atoms with E-state index in [4.69, 9.17) is 4.84 Å². The summed E-state index contributed by atoms with van der Waals surface area (Å²) < 4.78 is 1.64. The quantitative estimate of drug-likeness (QED) is 0.729. The van der Waals surface area contributed by atoms with Crippen molar-refractivity contribution in [3.05, 3.63) is 59.1 Å². The molecule has 0 aliphatic carbocycles. The van der Waals surface area contributed by atoms with Crippen molar-refractivity contribution >= 4 is 17.2 Å². The molecule has 0 spiro atoms. The highest BCUT2D eigenvalue weighted by Gasteiger charge is 2.18. The third-order valence-electron chi connectivity index (χ3n) is 3.30. The molecule has 1 N–H and O–H groups in total. The predicted octanol–water partition coefficient (Wildman–Crippen LogP) is 3.59. The summed E-state index contributed by atoms with van der Waals surface area (Å²) in [6.45, 7) is 4.24. The summed E-state index contributed by atoms with van der Waals surface area (Å²) in [6.07, 6.45) is 0. The second-order valence-corrected chi connectivity index (χ2v) is 5.95. The topological polar surface area (TPSA) is 56.1 Å². The Bertz CT molecular complexity index is 792. The van der Waals surface area contributed by atoms with Crippen LogP contribution in [0.5, 0.6) is 0 Å². The van der Waals surface area contributed by atoms with Crippen molar-refractivity contribution in [1.29, 1.82) is 0 Å². The first-order chi connectivity index (χ1) is 11.2. The molecular weight excluding hydrogens is 310 g/mol. The summed E-state index contributed by atoms with van der Waals surface area (Å²) in [5, 5.41) is 6.58. The standard InChI is InChI=1S/C17H17N3O2S/c1-3-22-19-17(21)15-11-14(16-5-4-10-23-16)18-20(15)13-8-6-12(2)7-9-13/h4-11H,3H2,1-2H3,(H,19,21). The molecule has 23 heavy (non-hydrogen) atoms. The van der Waals surface area contributed by atoms with E-state index in [1.54, 1.807) is 22.1 Å². The number of carbonyl (C=O) groups excluding carboxylic acids is 1. The minimum absolute atomic E-state index is 0.317. The molecule has 0 radical (unpaired) electrons. The van der Waals surface area contributed by atoms with E-state index in [1.165, 1.54) is 0 Å². The summed E-state index contributed by atoms with van der Waals surface area (Å²) in [4.78, 5) is 18.4. The van der Waals surface area contributed by atoms with Gasteiger partial charge < -0.3 is 0 Å². The monoisotopic (exact) mass is 327 g/mol. The zero-order valence-corrected chi connectivity index (χ0v) is 13.8. The average Bonchev–Trinajstić information content (AvgIpc) is 3.22. The summed E-state index contributed by atoms with van der Waals surface area (Å²) in [6, 6.07) is 13.6. The van der Waals surface area contributed by atoms with Crippen molar-refractivity contribution in [1.82, 2.24) is 15.3 Å². The van der Waals surface area contributed by atoms with Crippen LogP contribution in [0, 0.1) is 6.92 Å². The van der Waals surface area contributed by atoms with Crippen LogP contribution in [0.4, 0.5) is 0 Å². The van der Waals surface area contributed by atoms with Crippen LogP contribution >= 0.6 is 11.3 Å². The molecule has 0 saturated carbocycles. The molecule has 1 amide bonds. The number of nitrogens with zero attached hydrogens (tertiary/aromatic N) is 2. The minimum Gasteiger partial charge on any atom is -0.274 e. The normalized spacial score (nSPS) is 10.7. The van der Waals surface area contributed by atoms with Gasteiger partial charge in [-0.25, -0.2) is 10.2 Å². The molecule has 0 fully saturated rings. The largest absolute Gasteiger partial charge is 0.293 e. The smallest absolute Gasteiger partial charge is 0.274 e. The van der Waals surface area contributed by atoms with Crippen LogP contribution in [-0.4, -0.2) is 22.3 Å². The van der Waals surface area contributed by atoms with Gasteiger partial charge in [-0.05, 0) is 43.5 Å². The van der Waals surface area contributed by atoms with Crippen LogP contribution in [0.1, 0.15) is 23.0 Å². The third kappa shape index (κ3) is 3.33. The van der Waals surface area contributed by atoms with Crippen molar-refractivity contribution in [3.8, 4) is 16.3 Å². The number of aromatic nitrogens is 2. The fourth-order valence-corrected chi connectivity index (χ4v) is 2.84. The average molecular weight is 327 g/mol. The number of thiophene rings is 1. The Morgan fingerprint density at radius 2 is 2.09 bits per heavy atom. The number of hydrogen-bond acceptors (Lipinski definition) is 4. The van der Waals surface area contributed by atoms with Gasteiger partial charge in [-0.3, -0.25) is 9.63 Å². The highest BCUT2D eigenvalue weighted by molar-refractivity contribution is 7.13. The molecule has 0 atom stereocenters. The van der Waals surface area contributed by atoms with E-state index in [9.17, 15) is 4.79 Å². The van der Waals surface area contributed by atoms with Gasteiger partial charge in [0.25, 0.3) is 5.91 Å². The molecule has 0 unspecified atom stereocenters. The number of hydrogen-bond donors (Lipinski definition) is 1. The number of hydroxylamine groups is 1. The van der Waals surface area contributed by atoms with E-state index in [1.807, 2.05) is 55.6 Å². The highest BCUT2D eigenvalue weighted by atomic mass is 32.1. The van der Waals surface area contributed by atoms with Crippen molar-refractivity contribution < 1.29 is 9.63 Å². The van der Waals surface area contributed by atoms with E-state index in [2.05, 4.69) is 10.6 Å². The maximum absolute atomic E-state index is 12.4. The highest BCUT2D eigenvalue weighted by Crippen LogP contribution is 2.25. The summed E-state index contributed by atoms with van der Waals surface area (Å²) >= 11 is 1.59. The van der Waals surface area contributed by atoms with Gasteiger partial charge in [0.05, 0.1) is 17.2 Å². The van der Waals surface area contributed by atoms with Gasteiger partial charge >= 0.3 is 0 Å². The van der Waals surface area contributed by atoms with Crippen molar-refractivity contribution in [2.75, 3.05) is 6.61 Å². The number of carbonyl (C=O) groups is 1. The molecule has 3 rings (SSSR count). The maximum Gasteiger partial charge on any atom is 0.293 e. The molecular formula is C17H17N3O2S. The summed E-state index contributed by atoms with van der Waals surface area (Å²) in [7, 11) is 0. The molecule has 2 aromatic heterocycles. The fourth-order valence-electron chi connectivity index (χ4n) is 2.16. The predicted molar refractivity (Wildman–Crippen MR) is 90.7 cm³/mol. The lowest BCUT2D eigenvalue weighted by atomic mass is 10.2. The van der Waals surface area contributed by atoms with Gasteiger partial charge in [0.1, 0.15) is 11.4 Å². The number of nitrogens with one attached hydrogen (secondary N) is 1. The van der Waals surface area contributed by atoms with Crippen LogP contribution in [0.15, 0.2) is 47.8 Å². The Balaban J connectivity index is 2.04. The van der Waals surface area contributed by atoms with Gasteiger partial charge in [0, 0.05) is 0 Å². The molecule has 0 aliphatic heterocycles. The van der Waals surface area contributed by atoms with Crippen LogP contribution < -0.4 is 5.48 Å². The number of amides is 1. The van der Waals surface area contributed by atoms with E-state index < -0.39 is 0 Å². The second-order valence-electron chi connectivity index (χ2n) is 5.00. The Hall–Kier alpha value is -2.44. The molecule has 5 nitrogen and oxygen atoms in total. The number of benzene rings is 1. The Kier molecular flexibility index (Phi) is 4.55. The molecule has 0 bridgehead atoms. The van der Waals surface area contributed by atoms with Crippen molar-refractivity contribution in [2.45, 2.75) is 13.8 Å². The molecule has 0 aliphatic rings. The summed E-state index contributed by atoms with van der Waals surface area (Å²) in [5.74, 6) is -0.317. The first kappa shape index (κ1) is 15.5. The molecule has 6 heteroatoms. The van der Waals surface area contributed by atoms with Gasteiger partial charge in [0.15, 0.2) is 0 Å². The lowest BCUT2D eigenvalue weighted by Crippen LogP contribution is -2.26. The minimum atomic E-state index is -0.317. The van der Waals surface area contributed by atoms with E-state index >= 15 is 0 Å². The molecule has 0 saturated heterocycles.